The van der Waals surface area contributed by atoms with Gasteiger partial charge in [0.2, 0.25) is 0 Å². The lowest BCUT2D eigenvalue weighted by Crippen LogP contribution is -2.44. The molecule has 0 unspecified atom stereocenters. The summed E-state index contributed by atoms with van der Waals surface area (Å²) < 4.78 is 10.8. The van der Waals surface area contributed by atoms with E-state index in [4.69, 9.17) is 9.47 Å². The summed E-state index contributed by atoms with van der Waals surface area (Å²) in [5.41, 5.74) is 0. The first-order chi connectivity index (χ1) is 10.1. The summed E-state index contributed by atoms with van der Waals surface area (Å²) in [6.07, 6.45) is 4.54. The minimum atomic E-state index is 0.137. The number of likely N-dealkylation sites (tertiary alicyclic amines) is 1. The van der Waals surface area contributed by atoms with Crippen LogP contribution in [0.5, 0.6) is 5.75 Å². The molecule has 1 aromatic heterocycles. The van der Waals surface area contributed by atoms with E-state index < -0.39 is 0 Å². The van der Waals surface area contributed by atoms with E-state index in [0.717, 1.165) is 43.0 Å². The van der Waals surface area contributed by atoms with Crippen molar-refractivity contribution < 1.29 is 14.3 Å². The Bertz CT molecular complexity index is 458. The Morgan fingerprint density at radius 2 is 2.29 bits per heavy atom. The number of methoxy groups -OCH3 is 1. The molecule has 1 saturated heterocycles. The fraction of sp³-hybridized carbons (Fsp3) is 0.688. The molecule has 0 aromatic carbocycles. The van der Waals surface area contributed by atoms with Crippen molar-refractivity contribution in [2.75, 3.05) is 20.3 Å². The molecule has 0 saturated carbocycles. The highest BCUT2D eigenvalue weighted by Gasteiger charge is 2.28. The first kappa shape index (κ1) is 16.3. The first-order valence-corrected chi connectivity index (χ1v) is 8.55. The molecule has 2 heterocycles. The molecule has 1 aliphatic rings. The van der Waals surface area contributed by atoms with Crippen LogP contribution in [0.2, 0.25) is 0 Å². The van der Waals surface area contributed by atoms with Gasteiger partial charge in [-0.05, 0) is 39.5 Å². The predicted molar refractivity (Wildman–Crippen MR) is 85.3 cm³/mol. The van der Waals surface area contributed by atoms with E-state index >= 15 is 0 Å². The molecule has 0 aliphatic carbocycles. The Balaban J connectivity index is 1.98. The number of nitrogens with zero attached hydrogens (tertiary/aromatic N) is 1. The molecular weight excluding hydrogens is 286 g/mol. The van der Waals surface area contributed by atoms with Gasteiger partial charge in [-0.2, -0.15) is 0 Å². The van der Waals surface area contributed by atoms with Crippen molar-refractivity contribution >= 4 is 17.2 Å². The van der Waals surface area contributed by atoms with Crippen LogP contribution in [0.3, 0.4) is 0 Å². The van der Waals surface area contributed by atoms with Crippen LogP contribution in [0.4, 0.5) is 0 Å². The second-order valence-corrected chi connectivity index (χ2v) is 6.62. The zero-order chi connectivity index (χ0) is 15.2. The zero-order valence-corrected chi connectivity index (χ0v) is 13.9. The van der Waals surface area contributed by atoms with Crippen LogP contribution in [0, 0.1) is 0 Å². The SMILES string of the molecule is COc1csc(C(=O)N2CCCC[C@@H]2CCOC(C)C)c1. The molecule has 1 amide bonds. The second-order valence-electron chi connectivity index (χ2n) is 5.71. The van der Waals surface area contributed by atoms with Crippen LogP contribution in [-0.2, 0) is 4.74 Å². The molecule has 1 fully saturated rings. The normalized spacial score (nSPS) is 19.0. The zero-order valence-electron chi connectivity index (χ0n) is 13.1. The summed E-state index contributed by atoms with van der Waals surface area (Å²) in [7, 11) is 1.63. The average Bonchev–Trinajstić information content (AvgIpc) is 2.95. The highest BCUT2D eigenvalue weighted by Crippen LogP contribution is 2.27. The summed E-state index contributed by atoms with van der Waals surface area (Å²) in [5.74, 6) is 0.901. The van der Waals surface area contributed by atoms with Gasteiger partial charge in [0.25, 0.3) is 5.91 Å². The molecule has 1 aromatic rings. The number of carbonyl (C=O) groups is 1. The lowest BCUT2D eigenvalue weighted by molar-refractivity contribution is 0.0401. The molecular formula is C16H25NO3S. The summed E-state index contributed by atoms with van der Waals surface area (Å²) in [6, 6.07) is 2.14. The van der Waals surface area contributed by atoms with Gasteiger partial charge in [0.1, 0.15) is 5.75 Å². The Morgan fingerprint density at radius 3 is 2.95 bits per heavy atom. The largest absolute Gasteiger partial charge is 0.496 e. The molecule has 4 nitrogen and oxygen atoms in total. The molecule has 1 aliphatic heterocycles. The molecule has 0 spiro atoms. The van der Waals surface area contributed by atoms with Gasteiger partial charge in [0.15, 0.2) is 0 Å². The lowest BCUT2D eigenvalue weighted by atomic mass is 9.99. The van der Waals surface area contributed by atoms with Crippen LogP contribution < -0.4 is 4.74 Å². The Labute approximate surface area is 131 Å². The average molecular weight is 311 g/mol. The van der Waals surface area contributed by atoms with E-state index in [0.29, 0.717) is 6.04 Å². The lowest BCUT2D eigenvalue weighted by Gasteiger charge is -2.35. The van der Waals surface area contributed by atoms with Gasteiger partial charge in [-0.15, -0.1) is 11.3 Å². The molecule has 5 heteroatoms. The van der Waals surface area contributed by atoms with Crippen LogP contribution in [-0.4, -0.2) is 43.2 Å². The summed E-state index contributed by atoms with van der Waals surface area (Å²) in [6.45, 7) is 5.66. The van der Waals surface area contributed by atoms with Gasteiger partial charge in [0.05, 0.1) is 18.1 Å². The van der Waals surface area contributed by atoms with Crippen LogP contribution in [0.1, 0.15) is 49.2 Å². The van der Waals surface area contributed by atoms with Gasteiger partial charge >= 0.3 is 0 Å². The molecule has 1 atom stereocenters. The number of thiophene rings is 1. The standard InChI is InChI=1S/C16H25NO3S/c1-12(2)20-9-7-13-6-4-5-8-17(13)16(18)15-10-14(19-3)11-21-15/h10-13H,4-9H2,1-3H3/t13-/m1/s1. The number of ether oxygens (including phenoxy) is 2. The van der Waals surface area contributed by atoms with Crippen molar-refractivity contribution in [3.63, 3.8) is 0 Å². The van der Waals surface area contributed by atoms with Crippen molar-refractivity contribution in [1.82, 2.24) is 4.90 Å². The number of amides is 1. The maximum atomic E-state index is 12.7. The van der Waals surface area contributed by atoms with Gasteiger partial charge in [-0.25, -0.2) is 0 Å². The number of hydrogen-bond donors (Lipinski definition) is 0. The molecule has 0 bridgehead atoms. The monoisotopic (exact) mass is 311 g/mol. The summed E-state index contributed by atoms with van der Waals surface area (Å²) >= 11 is 1.46. The molecule has 2 rings (SSSR count). The van der Waals surface area contributed by atoms with Gasteiger partial charge < -0.3 is 14.4 Å². The van der Waals surface area contributed by atoms with Crippen molar-refractivity contribution in [2.24, 2.45) is 0 Å². The third-order valence-electron chi connectivity index (χ3n) is 3.81. The number of hydrogen-bond acceptors (Lipinski definition) is 4. The first-order valence-electron chi connectivity index (χ1n) is 7.67. The maximum absolute atomic E-state index is 12.7. The fourth-order valence-electron chi connectivity index (χ4n) is 2.69. The summed E-state index contributed by atoms with van der Waals surface area (Å²) in [4.78, 5) is 15.5. The third-order valence-corrected chi connectivity index (χ3v) is 4.71. The molecule has 0 N–H and O–H groups in total. The van der Waals surface area contributed by atoms with E-state index in [9.17, 15) is 4.79 Å². The van der Waals surface area contributed by atoms with E-state index in [1.54, 1.807) is 7.11 Å². The number of piperidine rings is 1. The topological polar surface area (TPSA) is 38.8 Å². The molecule has 21 heavy (non-hydrogen) atoms. The third kappa shape index (κ3) is 4.45. The Kier molecular flexibility index (Phi) is 6.06. The van der Waals surface area contributed by atoms with E-state index in [2.05, 4.69) is 0 Å². The Hall–Kier alpha value is -1.07. The van der Waals surface area contributed by atoms with Crippen LogP contribution >= 0.6 is 11.3 Å². The highest BCUT2D eigenvalue weighted by atomic mass is 32.1. The fourth-order valence-corrected chi connectivity index (χ4v) is 3.50. The number of carbonyl (C=O) groups excluding carboxylic acids is 1. The Morgan fingerprint density at radius 1 is 1.48 bits per heavy atom. The van der Waals surface area contributed by atoms with Crippen LogP contribution in [0.15, 0.2) is 11.4 Å². The van der Waals surface area contributed by atoms with Crippen molar-refractivity contribution in [3.05, 3.63) is 16.3 Å². The van der Waals surface area contributed by atoms with Gasteiger partial charge in [-0.1, -0.05) is 0 Å². The maximum Gasteiger partial charge on any atom is 0.264 e. The van der Waals surface area contributed by atoms with Crippen molar-refractivity contribution in [3.8, 4) is 5.75 Å². The highest BCUT2D eigenvalue weighted by molar-refractivity contribution is 7.12. The number of rotatable bonds is 6. The minimum absolute atomic E-state index is 0.137. The molecule has 0 radical (unpaired) electrons. The van der Waals surface area contributed by atoms with Crippen LogP contribution in [0.25, 0.3) is 0 Å². The van der Waals surface area contributed by atoms with Gasteiger partial charge in [0, 0.05) is 30.6 Å². The van der Waals surface area contributed by atoms with Crippen molar-refractivity contribution in [1.29, 1.82) is 0 Å². The smallest absolute Gasteiger partial charge is 0.264 e. The van der Waals surface area contributed by atoms with Gasteiger partial charge in [-0.3, -0.25) is 4.79 Å². The quantitative estimate of drug-likeness (QED) is 0.806. The predicted octanol–water partition coefficient (Wildman–Crippen LogP) is 3.57. The minimum Gasteiger partial charge on any atom is -0.496 e. The van der Waals surface area contributed by atoms with Crippen molar-refractivity contribution in [2.45, 2.75) is 51.7 Å². The molecule has 118 valence electrons. The summed E-state index contributed by atoms with van der Waals surface area (Å²) in [5, 5.41) is 1.88. The van der Waals surface area contributed by atoms with E-state index in [-0.39, 0.29) is 12.0 Å². The van der Waals surface area contributed by atoms with E-state index in [1.807, 2.05) is 30.2 Å². The van der Waals surface area contributed by atoms with E-state index in [1.165, 1.54) is 17.8 Å². The second kappa shape index (κ2) is 7.80.